The molecule has 1 aliphatic heterocycles. The van der Waals surface area contributed by atoms with Gasteiger partial charge in [-0.3, -0.25) is 0 Å². The molecule has 27 heavy (non-hydrogen) atoms. The van der Waals surface area contributed by atoms with E-state index in [0.717, 1.165) is 42.2 Å². The third-order valence-corrected chi connectivity index (χ3v) is 4.28. The van der Waals surface area contributed by atoms with E-state index in [2.05, 4.69) is 44.9 Å². The molecule has 6 bridgehead atoms. The topological polar surface area (TPSA) is 59.1 Å². The Morgan fingerprint density at radius 3 is 2.93 bits per heavy atom. The van der Waals surface area contributed by atoms with Gasteiger partial charge >= 0.3 is 0 Å². The Morgan fingerprint density at radius 2 is 1.93 bits per heavy atom. The van der Waals surface area contributed by atoms with Gasteiger partial charge in [-0.05, 0) is 42.3 Å². The van der Waals surface area contributed by atoms with Crippen LogP contribution in [-0.2, 0) is 6.54 Å². The van der Waals surface area contributed by atoms with Crippen LogP contribution in [0, 0.1) is 0 Å². The Kier molecular flexibility index (Phi) is 5.41. The minimum Gasteiger partial charge on any atom is -0.493 e. The Morgan fingerprint density at radius 1 is 0.963 bits per heavy atom. The Hall–Kier alpha value is -3.18. The molecule has 0 unspecified atom stereocenters. The molecule has 2 heterocycles. The smallest absolute Gasteiger partial charge is 0.227 e. The van der Waals surface area contributed by atoms with Crippen molar-refractivity contribution in [1.29, 1.82) is 0 Å². The van der Waals surface area contributed by atoms with Crippen LogP contribution < -0.4 is 15.4 Å². The molecule has 0 radical (unpaired) electrons. The van der Waals surface area contributed by atoms with Gasteiger partial charge in [-0.25, -0.2) is 9.97 Å². The van der Waals surface area contributed by atoms with E-state index in [-0.39, 0.29) is 0 Å². The summed E-state index contributed by atoms with van der Waals surface area (Å²) in [5.74, 6) is 1.42. The average molecular weight is 358 g/mol. The quantitative estimate of drug-likeness (QED) is 0.586. The highest BCUT2D eigenvalue weighted by Crippen LogP contribution is 2.24. The summed E-state index contributed by atoms with van der Waals surface area (Å²) in [6.45, 7) is 2.29. The second-order valence-electron chi connectivity index (χ2n) is 6.36. The molecular weight excluding hydrogens is 336 g/mol. The van der Waals surface area contributed by atoms with Gasteiger partial charge in [0.25, 0.3) is 0 Å². The Bertz CT molecular complexity index is 939. The number of fused-ring (bicyclic) bond motifs is 7. The number of anilines is 2. The SMILES string of the molecule is C1=C/CNCc2cccc(c2)Nc2nccc(n2)-c2cccc(c2)OCC/1. The Balaban J connectivity index is 1.66. The lowest BCUT2D eigenvalue weighted by Crippen LogP contribution is -2.13. The highest BCUT2D eigenvalue weighted by molar-refractivity contribution is 5.63. The molecule has 0 atom stereocenters. The highest BCUT2D eigenvalue weighted by atomic mass is 16.5. The van der Waals surface area contributed by atoms with Crippen LogP contribution in [0.3, 0.4) is 0 Å². The maximum absolute atomic E-state index is 5.87. The minimum atomic E-state index is 0.577. The molecule has 1 aromatic heterocycles. The van der Waals surface area contributed by atoms with E-state index in [4.69, 9.17) is 4.74 Å². The first-order valence-corrected chi connectivity index (χ1v) is 9.15. The normalized spacial score (nSPS) is 15.6. The number of rotatable bonds is 0. The molecule has 0 aliphatic carbocycles. The average Bonchev–Trinajstić information content (AvgIpc) is 2.70. The van der Waals surface area contributed by atoms with Crippen LogP contribution in [0.4, 0.5) is 11.6 Å². The molecule has 0 amide bonds. The lowest BCUT2D eigenvalue weighted by Gasteiger charge is -2.10. The first-order valence-electron chi connectivity index (χ1n) is 9.15. The van der Waals surface area contributed by atoms with Crippen molar-refractivity contribution in [1.82, 2.24) is 15.3 Å². The second-order valence-corrected chi connectivity index (χ2v) is 6.36. The van der Waals surface area contributed by atoms with Gasteiger partial charge in [-0.1, -0.05) is 36.4 Å². The summed E-state index contributed by atoms with van der Waals surface area (Å²) >= 11 is 0. The van der Waals surface area contributed by atoms with Gasteiger partial charge in [-0.2, -0.15) is 0 Å². The molecule has 3 aromatic rings. The number of ether oxygens (including phenoxy) is 1. The van der Waals surface area contributed by atoms with Crippen molar-refractivity contribution in [2.75, 3.05) is 18.5 Å². The second kappa shape index (κ2) is 8.47. The third-order valence-electron chi connectivity index (χ3n) is 4.28. The molecule has 2 aromatic carbocycles. The number of nitrogens with one attached hydrogen (secondary N) is 2. The molecule has 0 spiro atoms. The van der Waals surface area contributed by atoms with Gasteiger partial charge in [0.2, 0.25) is 5.95 Å². The number of aromatic nitrogens is 2. The first-order chi connectivity index (χ1) is 13.4. The maximum Gasteiger partial charge on any atom is 0.227 e. The minimum absolute atomic E-state index is 0.577. The molecule has 2 N–H and O–H groups in total. The monoisotopic (exact) mass is 358 g/mol. The fourth-order valence-electron chi connectivity index (χ4n) is 2.96. The number of benzene rings is 2. The molecule has 0 fully saturated rings. The van der Waals surface area contributed by atoms with Crippen molar-refractivity contribution in [3.05, 3.63) is 78.5 Å². The molecule has 1 aliphatic rings. The molecule has 136 valence electrons. The largest absolute Gasteiger partial charge is 0.493 e. The zero-order valence-electron chi connectivity index (χ0n) is 15.1. The number of nitrogens with zero attached hydrogens (tertiary/aromatic N) is 2. The van der Waals surface area contributed by atoms with Gasteiger partial charge in [0.15, 0.2) is 0 Å². The van der Waals surface area contributed by atoms with Gasteiger partial charge in [-0.15, -0.1) is 0 Å². The van der Waals surface area contributed by atoms with E-state index in [0.29, 0.717) is 12.6 Å². The zero-order chi connectivity index (χ0) is 18.3. The van der Waals surface area contributed by atoms with Crippen LogP contribution >= 0.6 is 0 Å². The van der Waals surface area contributed by atoms with Crippen molar-refractivity contribution in [2.24, 2.45) is 0 Å². The summed E-state index contributed by atoms with van der Waals surface area (Å²) in [5.41, 5.74) is 4.05. The maximum atomic E-state index is 5.87. The first kappa shape index (κ1) is 17.2. The summed E-state index contributed by atoms with van der Waals surface area (Å²) in [5, 5.41) is 6.72. The van der Waals surface area contributed by atoms with E-state index in [1.807, 2.05) is 42.5 Å². The lowest BCUT2D eigenvalue weighted by molar-refractivity contribution is 0.325. The van der Waals surface area contributed by atoms with E-state index in [1.54, 1.807) is 6.20 Å². The standard InChI is InChI=1S/C22H22N4O/c1-2-11-23-16-17-6-4-8-19(14-17)25-22-24-12-10-21(26-22)18-7-5-9-20(15-18)27-13-3-1/h1-2,4-10,12,14-15,23H,3,11,13,16H2,(H,24,25,26)/b2-1+. The van der Waals surface area contributed by atoms with Gasteiger partial charge in [0, 0.05) is 30.5 Å². The summed E-state index contributed by atoms with van der Waals surface area (Å²) in [6, 6.07) is 18.2. The molecule has 5 heteroatoms. The van der Waals surface area contributed by atoms with Crippen LogP contribution in [0.5, 0.6) is 5.75 Å². The van der Waals surface area contributed by atoms with Gasteiger partial charge in [0.05, 0.1) is 12.3 Å². The van der Waals surface area contributed by atoms with Gasteiger partial charge < -0.3 is 15.4 Å². The molecule has 4 rings (SSSR count). The van der Waals surface area contributed by atoms with Crippen molar-refractivity contribution >= 4 is 11.6 Å². The van der Waals surface area contributed by atoms with Crippen LogP contribution in [0.2, 0.25) is 0 Å². The predicted molar refractivity (Wildman–Crippen MR) is 108 cm³/mol. The number of hydrogen-bond acceptors (Lipinski definition) is 5. The van der Waals surface area contributed by atoms with Crippen molar-refractivity contribution < 1.29 is 4.74 Å². The number of hydrogen-bond donors (Lipinski definition) is 2. The molecule has 5 nitrogen and oxygen atoms in total. The van der Waals surface area contributed by atoms with Gasteiger partial charge in [0.1, 0.15) is 5.75 Å². The summed E-state index contributed by atoms with van der Waals surface area (Å²) in [7, 11) is 0. The molecule has 0 saturated heterocycles. The fourth-order valence-corrected chi connectivity index (χ4v) is 2.96. The highest BCUT2D eigenvalue weighted by Gasteiger charge is 2.05. The summed E-state index contributed by atoms with van der Waals surface area (Å²) < 4.78 is 5.87. The van der Waals surface area contributed by atoms with Crippen molar-refractivity contribution in [3.8, 4) is 17.0 Å². The lowest BCUT2D eigenvalue weighted by atomic mass is 10.1. The van der Waals surface area contributed by atoms with E-state index >= 15 is 0 Å². The van der Waals surface area contributed by atoms with Crippen LogP contribution in [0.25, 0.3) is 11.3 Å². The van der Waals surface area contributed by atoms with Crippen LogP contribution in [0.1, 0.15) is 12.0 Å². The van der Waals surface area contributed by atoms with E-state index < -0.39 is 0 Å². The molecule has 0 saturated carbocycles. The van der Waals surface area contributed by atoms with E-state index in [1.165, 1.54) is 5.56 Å². The predicted octanol–water partition coefficient (Wildman–Crippen LogP) is 4.32. The van der Waals surface area contributed by atoms with Crippen LogP contribution in [-0.4, -0.2) is 23.1 Å². The third kappa shape index (κ3) is 4.71. The van der Waals surface area contributed by atoms with E-state index in [9.17, 15) is 0 Å². The van der Waals surface area contributed by atoms with Crippen molar-refractivity contribution in [2.45, 2.75) is 13.0 Å². The fraction of sp³-hybridized carbons (Fsp3) is 0.182. The summed E-state index contributed by atoms with van der Waals surface area (Å²) in [6.07, 6.45) is 6.94. The van der Waals surface area contributed by atoms with Crippen molar-refractivity contribution in [3.63, 3.8) is 0 Å². The van der Waals surface area contributed by atoms with Crippen LogP contribution in [0.15, 0.2) is 72.9 Å². The summed E-state index contributed by atoms with van der Waals surface area (Å²) in [4.78, 5) is 9.01. The zero-order valence-corrected chi connectivity index (χ0v) is 15.1. The Labute approximate surface area is 159 Å². The molecular formula is C22H22N4O.